The summed E-state index contributed by atoms with van der Waals surface area (Å²) in [6.07, 6.45) is 0.490. The summed E-state index contributed by atoms with van der Waals surface area (Å²) in [5.74, 6) is -0.308. The molecule has 0 aromatic heterocycles. The summed E-state index contributed by atoms with van der Waals surface area (Å²) in [6, 6.07) is 10.8. The van der Waals surface area contributed by atoms with Gasteiger partial charge in [-0.1, -0.05) is 19.1 Å². The third kappa shape index (κ3) is 3.12. The zero-order valence-electron chi connectivity index (χ0n) is 12.6. The molecule has 2 aromatic carbocycles. The number of hydrogen-bond donors (Lipinski definition) is 1. The third-order valence-electron chi connectivity index (χ3n) is 3.52. The average Bonchev–Trinajstić information content (AvgIpc) is 3.01. The molecule has 5 nitrogen and oxygen atoms in total. The topological polar surface area (TPSA) is 77.0 Å². The molecule has 0 fully saturated rings. The lowest BCUT2D eigenvalue weighted by Gasteiger charge is -2.06. The van der Waals surface area contributed by atoms with Crippen LogP contribution in [-0.2, 0) is 4.74 Å². The zero-order valence-corrected chi connectivity index (χ0v) is 14.2. The second-order valence-electron chi connectivity index (χ2n) is 5.23. The van der Waals surface area contributed by atoms with Crippen molar-refractivity contribution in [3.8, 4) is 0 Å². The highest BCUT2D eigenvalue weighted by atomic mass is 79.9. The number of esters is 1. The summed E-state index contributed by atoms with van der Waals surface area (Å²) in [5.41, 5.74) is 7.95. The molecule has 2 N–H and O–H groups in total. The molecule has 0 aliphatic carbocycles. The van der Waals surface area contributed by atoms with Gasteiger partial charge in [0.25, 0.3) is 0 Å². The number of nitrogens with zero attached hydrogens (tertiary/aromatic N) is 2. The van der Waals surface area contributed by atoms with Gasteiger partial charge in [0.15, 0.2) is 6.17 Å². The molecule has 0 radical (unpaired) electrons. The SMILES string of the molecule is CCCOC(=O)c1ccc(C2N=c3ccc(N)c(Br)c3=N2)cc1. The van der Waals surface area contributed by atoms with Crippen molar-refractivity contribution in [3.05, 3.63) is 62.7 Å². The predicted octanol–water partition coefficient (Wildman–Crippen LogP) is 2.55. The molecular formula is C17H16BrN3O2. The number of carbonyl (C=O) groups excluding carboxylic acids is 1. The van der Waals surface area contributed by atoms with E-state index in [0.29, 0.717) is 17.9 Å². The summed E-state index contributed by atoms with van der Waals surface area (Å²) in [5, 5.41) is 1.57. The fraction of sp³-hybridized carbons (Fsp3) is 0.235. The van der Waals surface area contributed by atoms with Gasteiger partial charge in [-0.2, -0.15) is 0 Å². The minimum atomic E-state index is -0.316. The lowest BCUT2D eigenvalue weighted by atomic mass is 10.1. The third-order valence-corrected chi connectivity index (χ3v) is 4.35. The van der Waals surface area contributed by atoms with Gasteiger partial charge >= 0.3 is 5.97 Å². The number of ether oxygens (including phenoxy) is 1. The van der Waals surface area contributed by atoms with Crippen LogP contribution in [0.15, 0.2) is 50.9 Å². The Bertz CT molecular complexity index is 863. The van der Waals surface area contributed by atoms with Gasteiger partial charge in [-0.25, -0.2) is 4.79 Å². The van der Waals surface area contributed by atoms with Crippen molar-refractivity contribution in [2.45, 2.75) is 19.5 Å². The average molecular weight is 374 g/mol. The van der Waals surface area contributed by atoms with Crippen molar-refractivity contribution >= 4 is 27.6 Å². The molecule has 0 saturated carbocycles. The van der Waals surface area contributed by atoms with Gasteiger partial charge in [-0.05, 0) is 52.2 Å². The van der Waals surface area contributed by atoms with Crippen molar-refractivity contribution in [3.63, 3.8) is 0 Å². The fourth-order valence-electron chi connectivity index (χ4n) is 2.30. The minimum Gasteiger partial charge on any atom is -0.462 e. The second kappa shape index (κ2) is 6.50. The van der Waals surface area contributed by atoms with Crippen LogP contribution >= 0.6 is 15.9 Å². The predicted molar refractivity (Wildman–Crippen MR) is 90.6 cm³/mol. The summed E-state index contributed by atoms with van der Waals surface area (Å²) in [7, 11) is 0. The normalized spacial score (nSPS) is 15.5. The maximum absolute atomic E-state index is 11.8. The number of nitrogen functional groups attached to an aromatic ring is 1. The minimum absolute atomic E-state index is 0.308. The van der Waals surface area contributed by atoms with Crippen molar-refractivity contribution in [1.82, 2.24) is 0 Å². The first-order valence-electron chi connectivity index (χ1n) is 7.37. The number of hydrogen-bond acceptors (Lipinski definition) is 5. The molecule has 3 rings (SSSR count). The van der Waals surface area contributed by atoms with E-state index in [1.54, 1.807) is 18.2 Å². The van der Waals surface area contributed by atoms with E-state index >= 15 is 0 Å². The van der Waals surface area contributed by atoms with Crippen LogP contribution in [-0.4, -0.2) is 12.6 Å². The summed E-state index contributed by atoms with van der Waals surface area (Å²) in [6.45, 7) is 2.39. The van der Waals surface area contributed by atoms with Gasteiger partial charge < -0.3 is 10.5 Å². The van der Waals surface area contributed by atoms with Crippen molar-refractivity contribution in [2.75, 3.05) is 12.3 Å². The molecule has 0 amide bonds. The molecule has 23 heavy (non-hydrogen) atoms. The van der Waals surface area contributed by atoms with Crippen molar-refractivity contribution in [2.24, 2.45) is 9.98 Å². The Labute approximate surface area is 142 Å². The van der Waals surface area contributed by atoms with E-state index in [9.17, 15) is 4.79 Å². The van der Waals surface area contributed by atoms with E-state index in [0.717, 1.165) is 27.2 Å². The quantitative estimate of drug-likeness (QED) is 0.660. The van der Waals surface area contributed by atoms with E-state index in [1.165, 1.54) is 0 Å². The molecule has 0 bridgehead atoms. The zero-order chi connectivity index (χ0) is 16.4. The molecular weight excluding hydrogens is 358 g/mol. The fourth-order valence-corrected chi connectivity index (χ4v) is 2.74. The first-order chi connectivity index (χ1) is 11.1. The summed E-state index contributed by atoms with van der Waals surface area (Å²) < 4.78 is 5.88. The van der Waals surface area contributed by atoms with Crippen LogP contribution in [0.3, 0.4) is 0 Å². The molecule has 6 heteroatoms. The number of halogens is 1. The van der Waals surface area contributed by atoms with Gasteiger partial charge in [-0.15, -0.1) is 0 Å². The Kier molecular flexibility index (Phi) is 4.43. The highest BCUT2D eigenvalue weighted by Crippen LogP contribution is 2.22. The highest BCUT2D eigenvalue weighted by molar-refractivity contribution is 9.10. The lowest BCUT2D eigenvalue weighted by Crippen LogP contribution is -2.23. The maximum Gasteiger partial charge on any atom is 0.338 e. The van der Waals surface area contributed by atoms with Gasteiger partial charge in [0.05, 0.1) is 22.0 Å². The smallest absolute Gasteiger partial charge is 0.338 e. The van der Waals surface area contributed by atoms with Gasteiger partial charge in [0, 0.05) is 5.69 Å². The molecule has 0 saturated heterocycles. The van der Waals surface area contributed by atoms with E-state index in [1.807, 2.05) is 25.1 Å². The van der Waals surface area contributed by atoms with Crippen LogP contribution < -0.4 is 16.4 Å². The van der Waals surface area contributed by atoms with Crippen molar-refractivity contribution < 1.29 is 9.53 Å². The van der Waals surface area contributed by atoms with E-state index in [2.05, 4.69) is 25.9 Å². The monoisotopic (exact) mass is 373 g/mol. The summed E-state index contributed by atoms with van der Waals surface area (Å²) in [4.78, 5) is 21.0. The largest absolute Gasteiger partial charge is 0.462 e. The van der Waals surface area contributed by atoms with Crippen LogP contribution in [0.2, 0.25) is 0 Å². The molecule has 1 unspecified atom stereocenters. The lowest BCUT2D eigenvalue weighted by molar-refractivity contribution is 0.0505. The molecule has 0 spiro atoms. The highest BCUT2D eigenvalue weighted by Gasteiger charge is 2.16. The van der Waals surface area contributed by atoms with Gasteiger partial charge in [0.2, 0.25) is 0 Å². The Morgan fingerprint density at radius 1 is 1.22 bits per heavy atom. The first kappa shape index (κ1) is 15.7. The number of anilines is 1. The Hall–Kier alpha value is -2.21. The molecule has 118 valence electrons. The molecule has 1 aliphatic heterocycles. The Morgan fingerprint density at radius 2 is 1.96 bits per heavy atom. The first-order valence-corrected chi connectivity index (χ1v) is 8.16. The molecule has 1 aliphatic rings. The maximum atomic E-state index is 11.8. The summed E-state index contributed by atoms with van der Waals surface area (Å²) >= 11 is 3.45. The molecule has 1 heterocycles. The van der Waals surface area contributed by atoms with Gasteiger partial charge in [0.1, 0.15) is 5.36 Å². The number of fused-ring (bicyclic) bond motifs is 1. The number of carbonyl (C=O) groups is 1. The Morgan fingerprint density at radius 3 is 2.65 bits per heavy atom. The van der Waals surface area contributed by atoms with E-state index < -0.39 is 0 Å². The van der Waals surface area contributed by atoms with Crippen LogP contribution in [0.1, 0.15) is 35.4 Å². The standard InChI is InChI=1S/C17H16BrN3O2/c1-2-9-23-17(22)11-5-3-10(4-6-11)16-20-13-8-7-12(19)14(18)15(13)21-16/h3-8,16H,2,9,19H2,1H3. The number of rotatable bonds is 4. The van der Waals surface area contributed by atoms with Crippen molar-refractivity contribution in [1.29, 1.82) is 0 Å². The van der Waals surface area contributed by atoms with Crippen LogP contribution in [0, 0.1) is 0 Å². The number of benzene rings is 2. The second-order valence-corrected chi connectivity index (χ2v) is 6.02. The van der Waals surface area contributed by atoms with E-state index in [4.69, 9.17) is 10.5 Å². The Balaban J connectivity index is 1.85. The van der Waals surface area contributed by atoms with Crippen LogP contribution in [0.5, 0.6) is 0 Å². The number of nitrogens with two attached hydrogens (primary N) is 1. The molecule has 2 aromatic rings. The van der Waals surface area contributed by atoms with Crippen LogP contribution in [0.25, 0.3) is 0 Å². The van der Waals surface area contributed by atoms with Gasteiger partial charge in [-0.3, -0.25) is 9.98 Å². The molecule has 1 atom stereocenters. The van der Waals surface area contributed by atoms with E-state index in [-0.39, 0.29) is 12.1 Å². The van der Waals surface area contributed by atoms with Crippen LogP contribution in [0.4, 0.5) is 5.69 Å².